The molecule has 1 unspecified atom stereocenters. The maximum absolute atomic E-state index is 12.2. The van der Waals surface area contributed by atoms with Crippen molar-refractivity contribution in [3.05, 3.63) is 120 Å². The summed E-state index contributed by atoms with van der Waals surface area (Å²) in [4.78, 5) is 35.4. The van der Waals surface area contributed by atoms with Crippen LogP contribution in [-0.2, 0) is 16.0 Å². The van der Waals surface area contributed by atoms with Gasteiger partial charge in [0, 0.05) is 56.8 Å². The lowest BCUT2D eigenvalue weighted by Gasteiger charge is -2.14. The lowest BCUT2D eigenvalue weighted by molar-refractivity contribution is -0.107. The first-order valence-corrected chi connectivity index (χ1v) is 17.2. The van der Waals surface area contributed by atoms with E-state index in [0.29, 0.717) is 5.56 Å². The van der Waals surface area contributed by atoms with Crippen LogP contribution in [0.25, 0.3) is 0 Å². The molecule has 3 N–H and O–H groups in total. The van der Waals surface area contributed by atoms with E-state index in [1.54, 1.807) is 28.2 Å². The number of nitrogens with one attached hydrogen (secondary N) is 3. The number of aryl methyl sites for hydroxylation is 1. The SMILES string of the molecule is CC.CC(Cc1ccccc1)NC(=O)NSNCC=O.COc1ccc(N(C)C)cc1.COc1ccc(N(C)C=O)cc1.Cc1cc(F)cc(F)c1. The Bertz CT molecular complexity index is 1480. The van der Waals surface area contributed by atoms with Gasteiger partial charge in [-0.25, -0.2) is 18.3 Å². The van der Waals surface area contributed by atoms with Gasteiger partial charge in [0.05, 0.1) is 20.8 Å². The Labute approximate surface area is 312 Å². The quantitative estimate of drug-likeness (QED) is 0.0773. The van der Waals surface area contributed by atoms with Gasteiger partial charge in [0.1, 0.15) is 29.4 Å². The molecule has 0 radical (unpaired) electrons. The summed E-state index contributed by atoms with van der Waals surface area (Å²) in [6.07, 6.45) is 2.27. The number of amides is 3. The molecule has 4 aromatic rings. The normalized spacial score (nSPS) is 9.90. The number of nitrogens with zero attached hydrogens (tertiary/aromatic N) is 2. The van der Waals surface area contributed by atoms with Crippen molar-refractivity contribution in [2.75, 3.05) is 51.7 Å². The zero-order valence-electron chi connectivity index (χ0n) is 31.5. The van der Waals surface area contributed by atoms with Gasteiger partial charge in [-0.1, -0.05) is 44.2 Å². The van der Waals surface area contributed by atoms with Crippen LogP contribution in [0.2, 0.25) is 0 Å². The van der Waals surface area contributed by atoms with E-state index in [1.807, 2.05) is 114 Å². The highest BCUT2D eigenvalue weighted by Gasteiger charge is 2.07. The van der Waals surface area contributed by atoms with Gasteiger partial charge in [0.15, 0.2) is 0 Å². The monoisotopic (exact) mass is 741 g/mol. The predicted octanol–water partition coefficient (Wildman–Crippen LogP) is 7.62. The van der Waals surface area contributed by atoms with Gasteiger partial charge in [-0.05, 0) is 92.1 Å². The third-order valence-corrected chi connectivity index (χ3v) is 6.98. The van der Waals surface area contributed by atoms with Crippen LogP contribution in [0, 0.1) is 18.6 Å². The van der Waals surface area contributed by atoms with E-state index in [9.17, 15) is 23.2 Å². The fraction of sp³-hybridized carbons (Fsp3) is 0.308. The highest BCUT2D eigenvalue weighted by atomic mass is 32.2. The van der Waals surface area contributed by atoms with Gasteiger partial charge < -0.3 is 29.4 Å². The average molecular weight is 742 g/mol. The molecule has 0 saturated carbocycles. The summed E-state index contributed by atoms with van der Waals surface area (Å²) in [5.74, 6) is 0.647. The lowest BCUT2D eigenvalue weighted by atomic mass is 10.1. The fourth-order valence-corrected chi connectivity index (χ4v) is 4.26. The van der Waals surface area contributed by atoms with Gasteiger partial charge >= 0.3 is 6.03 Å². The van der Waals surface area contributed by atoms with E-state index < -0.39 is 11.6 Å². The number of ether oxygens (including phenoxy) is 2. The smallest absolute Gasteiger partial charge is 0.325 e. The van der Waals surface area contributed by atoms with Crippen molar-refractivity contribution < 1.29 is 32.6 Å². The van der Waals surface area contributed by atoms with Gasteiger partial charge in [0.2, 0.25) is 6.41 Å². The molecule has 0 aromatic heterocycles. The number of rotatable bonds is 12. The molecular formula is C39H53F2N5O5S. The first-order valence-electron chi connectivity index (χ1n) is 16.4. The van der Waals surface area contributed by atoms with Crippen LogP contribution < -0.4 is 34.0 Å². The highest BCUT2D eigenvalue weighted by molar-refractivity contribution is 7.96. The summed E-state index contributed by atoms with van der Waals surface area (Å²) >= 11 is 0.991. The van der Waals surface area contributed by atoms with Gasteiger partial charge in [0.25, 0.3) is 0 Å². The minimum Gasteiger partial charge on any atom is -0.497 e. The van der Waals surface area contributed by atoms with E-state index in [0.717, 1.165) is 54.5 Å². The van der Waals surface area contributed by atoms with Gasteiger partial charge in [-0.3, -0.25) is 9.52 Å². The summed E-state index contributed by atoms with van der Waals surface area (Å²) < 4.78 is 39.6. The average Bonchev–Trinajstić information content (AvgIpc) is 3.14. The molecule has 0 aliphatic heterocycles. The van der Waals surface area contributed by atoms with Crippen LogP contribution >= 0.6 is 12.1 Å². The van der Waals surface area contributed by atoms with Crippen LogP contribution in [0.3, 0.4) is 0 Å². The Morgan fingerprint density at radius 2 is 1.31 bits per heavy atom. The summed E-state index contributed by atoms with van der Waals surface area (Å²) in [5.41, 5.74) is 3.82. The van der Waals surface area contributed by atoms with Gasteiger partial charge in [-0.2, -0.15) is 0 Å². The van der Waals surface area contributed by atoms with Crippen molar-refractivity contribution in [3.63, 3.8) is 0 Å². The molecule has 3 amide bonds. The number of methoxy groups -OCH3 is 2. The number of halogens is 2. The van der Waals surface area contributed by atoms with Crippen LogP contribution in [-0.4, -0.2) is 66.7 Å². The zero-order valence-corrected chi connectivity index (χ0v) is 32.3. The third-order valence-electron chi connectivity index (χ3n) is 6.38. The fourth-order valence-electron chi connectivity index (χ4n) is 3.88. The number of carbonyl (C=O) groups excluding carboxylic acids is 3. The molecule has 0 aliphatic carbocycles. The largest absolute Gasteiger partial charge is 0.497 e. The molecule has 4 rings (SSSR count). The Kier molecular flexibility index (Phi) is 25.7. The molecule has 1 atom stereocenters. The van der Waals surface area contributed by atoms with Crippen LogP contribution in [0.15, 0.2) is 97.1 Å². The Morgan fingerprint density at radius 1 is 0.808 bits per heavy atom. The van der Waals surface area contributed by atoms with Crippen LogP contribution in [0.1, 0.15) is 31.9 Å². The van der Waals surface area contributed by atoms with E-state index in [1.165, 1.54) is 28.3 Å². The molecule has 10 nitrogen and oxygen atoms in total. The highest BCUT2D eigenvalue weighted by Crippen LogP contribution is 2.17. The molecule has 0 saturated heterocycles. The number of anilines is 2. The number of hydrogen-bond donors (Lipinski definition) is 3. The summed E-state index contributed by atoms with van der Waals surface area (Å²) in [5, 5.41) is 2.81. The molecule has 52 heavy (non-hydrogen) atoms. The molecule has 4 aromatic carbocycles. The molecule has 0 bridgehead atoms. The molecular weight excluding hydrogens is 689 g/mol. The second-order valence-corrected chi connectivity index (χ2v) is 11.4. The topological polar surface area (TPSA) is 112 Å². The van der Waals surface area contributed by atoms with Crippen molar-refractivity contribution in [3.8, 4) is 11.5 Å². The second-order valence-electron chi connectivity index (χ2n) is 10.7. The molecule has 13 heteroatoms. The van der Waals surface area contributed by atoms with Crippen LogP contribution in [0.4, 0.5) is 25.0 Å². The summed E-state index contributed by atoms with van der Waals surface area (Å²) in [6, 6.07) is 28.4. The number of aldehydes is 1. The van der Waals surface area contributed by atoms with E-state index in [4.69, 9.17) is 9.47 Å². The Morgan fingerprint density at radius 3 is 1.73 bits per heavy atom. The second kappa shape index (κ2) is 28.5. The number of benzene rings is 4. The zero-order chi connectivity index (χ0) is 39.3. The van der Waals surface area contributed by atoms with E-state index in [-0.39, 0.29) is 18.6 Å². The minimum absolute atomic E-state index is 0.0408. The number of carbonyl (C=O) groups is 3. The van der Waals surface area contributed by atoms with E-state index in [2.05, 4.69) is 19.7 Å². The number of urea groups is 1. The van der Waals surface area contributed by atoms with Crippen molar-refractivity contribution in [1.82, 2.24) is 14.8 Å². The molecule has 0 heterocycles. The summed E-state index contributed by atoms with van der Waals surface area (Å²) in [7, 11) is 9.02. The van der Waals surface area contributed by atoms with Crippen molar-refractivity contribution in [2.24, 2.45) is 0 Å². The van der Waals surface area contributed by atoms with Crippen molar-refractivity contribution in [1.29, 1.82) is 0 Å². The molecule has 0 fully saturated rings. The van der Waals surface area contributed by atoms with Crippen LogP contribution in [0.5, 0.6) is 11.5 Å². The lowest BCUT2D eigenvalue weighted by Crippen LogP contribution is -2.40. The first kappa shape index (κ1) is 46.9. The van der Waals surface area contributed by atoms with E-state index >= 15 is 0 Å². The Balaban J connectivity index is 0.000000677. The summed E-state index contributed by atoms with van der Waals surface area (Å²) in [6.45, 7) is 7.78. The molecule has 284 valence electrons. The Hall–Kier alpha value is -5.14. The molecule has 0 aliphatic rings. The standard InChI is InChI=1S/C12H17N3O2S.C9H11NO2.C9H13NO.C7H6F2.C2H6/c1-10(9-11-5-3-2-4-6-11)14-12(17)15-18-13-7-8-16;1-10(7-11)8-3-5-9(12-2)6-4-8;1-10(2)8-4-6-9(11-3)7-5-8;1-5-2-6(8)4-7(9)3-5;1-2/h2-6,8,10,13H,7,9H2,1H3,(H2,14,15,17);3-7H,1-2H3;4-7H,1-3H3;2-4H,1H3;1-2H3. The van der Waals surface area contributed by atoms with Gasteiger partial charge in [-0.15, -0.1) is 0 Å². The third kappa shape index (κ3) is 21.8. The molecule has 0 spiro atoms. The number of hydrogen-bond acceptors (Lipinski definition) is 8. The maximum Gasteiger partial charge on any atom is 0.325 e. The minimum atomic E-state index is -0.521. The maximum atomic E-state index is 12.2. The first-order chi connectivity index (χ1) is 24.9. The van der Waals surface area contributed by atoms with Crippen molar-refractivity contribution >= 4 is 42.2 Å². The predicted molar refractivity (Wildman–Crippen MR) is 210 cm³/mol. The van der Waals surface area contributed by atoms with Crippen molar-refractivity contribution in [2.45, 2.75) is 40.2 Å².